The van der Waals surface area contributed by atoms with Crippen LogP contribution in [-0.2, 0) is 4.79 Å². The zero-order chi connectivity index (χ0) is 15.4. The van der Waals surface area contributed by atoms with Gasteiger partial charge in [-0.25, -0.2) is 0 Å². The van der Waals surface area contributed by atoms with Gasteiger partial charge in [0.05, 0.1) is 15.3 Å². The molecule has 0 bridgehead atoms. The molecule has 21 heavy (non-hydrogen) atoms. The number of ketones is 1. The predicted molar refractivity (Wildman–Crippen MR) is 82.9 cm³/mol. The van der Waals surface area contributed by atoms with Gasteiger partial charge in [-0.15, -0.1) is 11.3 Å². The molecule has 0 saturated carbocycles. The summed E-state index contributed by atoms with van der Waals surface area (Å²) in [6, 6.07) is 6.83. The number of amides is 1. The van der Waals surface area contributed by atoms with Crippen LogP contribution in [0, 0.1) is 6.92 Å². The molecule has 0 aliphatic carbocycles. The monoisotopic (exact) mass is 325 g/mol. The van der Waals surface area contributed by atoms with Crippen molar-refractivity contribution in [3.05, 3.63) is 45.0 Å². The molecule has 0 aliphatic rings. The van der Waals surface area contributed by atoms with Crippen LogP contribution < -0.4 is 5.32 Å². The van der Waals surface area contributed by atoms with Crippen LogP contribution in [0.3, 0.4) is 0 Å². The maximum Gasteiger partial charge on any atom is 0.221 e. The molecule has 2 heterocycles. The highest BCUT2D eigenvalue weighted by Crippen LogP contribution is 2.23. The SMILES string of the molecule is Cc1ccc(C(C)NC(=O)CCC(=O)c2ccc(Cl)s2)o1. The highest BCUT2D eigenvalue weighted by atomic mass is 35.5. The van der Waals surface area contributed by atoms with Gasteiger partial charge >= 0.3 is 0 Å². The van der Waals surface area contributed by atoms with Crippen molar-refractivity contribution < 1.29 is 14.0 Å². The van der Waals surface area contributed by atoms with Gasteiger partial charge in [-0.1, -0.05) is 11.6 Å². The number of halogens is 1. The summed E-state index contributed by atoms with van der Waals surface area (Å²) in [6.07, 6.45) is 0.324. The van der Waals surface area contributed by atoms with Crippen LogP contribution in [-0.4, -0.2) is 11.7 Å². The zero-order valence-corrected chi connectivity index (χ0v) is 13.4. The van der Waals surface area contributed by atoms with E-state index >= 15 is 0 Å². The summed E-state index contributed by atoms with van der Waals surface area (Å²) in [5.74, 6) is 1.27. The van der Waals surface area contributed by atoms with Gasteiger partial charge in [0.1, 0.15) is 11.5 Å². The van der Waals surface area contributed by atoms with E-state index in [2.05, 4.69) is 5.32 Å². The predicted octanol–water partition coefficient (Wildman–Crippen LogP) is 4.14. The van der Waals surface area contributed by atoms with Gasteiger partial charge in [-0.2, -0.15) is 0 Å². The largest absolute Gasteiger partial charge is 0.464 e. The van der Waals surface area contributed by atoms with Crippen LogP contribution in [0.25, 0.3) is 0 Å². The molecule has 0 spiro atoms. The number of nitrogens with one attached hydrogen (secondary N) is 1. The fraction of sp³-hybridized carbons (Fsp3) is 0.333. The Kier molecular flexibility index (Phi) is 5.20. The Morgan fingerprint density at radius 2 is 2.05 bits per heavy atom. The number of aryl methyl sites for hydroxylation is 1. The lowest BCUT2D eigenvalue weighted by atomic mass is 10.1. The van der Waals surface area contributed by atoms with E-state index in [4.69, 9.17) is 16.0 Å². The Bertz CT molecular complexity index is 647. The summed E-state index contributed by atoms with van der Waals surface area (Å²) >= 11 is 7.01. The number of furan rings is 1. The number of hydrogen-bond donors (Lipinski definition) is 1. The van der Waals surface area contributed by atoms with Crippen molar-refractivity contribution in [3.8, 4) is 0 Å². The molecule has 2 rings (SSSR count). The molecule has 112 valence electrons. The van der Waals surface area contributed by atoms with E-state index < -0.39 is 0 Å². The lowest BCUT2D eigenvalue weighted by molar-refractivity contribution is -0.121. The van der Waals surface area contributed by atoms with E-state index in [0.717, 1.165) is 5.76 Å². The fourth-order valence-electron chi connectivity index (χ4n) is 1.89. The molecule has 4 nitrogen and oxygen atoms in total. The molecule has 0 aliphatic heterocycles. The zero-order valence-electron chi connectivity index (χ0n) is 11.8. The number of carbonyl (C=O) groups excluding carboxylic acids is 2. The molecule has 1 amide bonds. The smallest absolute Gasteiger partial charge is 0.221 e. The molecular formula is C15H16ClNO3S. The van der Waals surface area contributed by atoms with Gasteiger partial charge in [0.2, 0.25) is 5.91 Å². The van der Waals surface area contributed by atoms with E-state index in [1.807, 2.05) is 26.0 Å². The molecule has 0 aromatic carbocycles. The van der Waals surface area contributed by atoms with Gasteiger partial charge in [0.15, 0.2) is 5.78 Å². The highest BCUT2D eigenvalue weighted by Gasteiger charge is 2.15. The molecule has 0 saturated heterocycles. The van der Waals surface area contributed by atoms with Crippen molar-refractivity contribution in [2.24, 2.45) is 0 Å². The van der Waals surface area contributed by atoms with Crippen molar-refractivity contribution in [2.45, 2.75) is 32.7 Å². The Morgan fingerprint density at radius 1 is 1.29 bits per heavy atom. The van der Waals surface area contributed by atoms with Crippen LogP contribution in [0.2, 0.25) is 4.34 Å². The molecule has 0 fully saturated rings. The summed E-state index contributed by atoms with van der Waals surface area (Å²) in [6.45, 7) is 3.69. The van der Waals surface area contributed by atoms with E-state index in [1.54, 1.807) is 12.1 Å². The molecule has 0 radical (unpaired) electrons. The van der Waals surface area contributed by atoms with E-state index in [-0.39, 0.29) is 30.6 Å². The van der Waals surface area contributed by atoms with Gasteiger partial charge < -0.3 is 9.73 Å². The molecular weight excluding hydrogens is 310 g/mol. The lowest BCUT2D eigenvalue weighted by Crippen LogP contribution is -2.26. The Labute approximate surface area is 132 Å². The van der Waals surface area contributed by atoms with Crippen molar-refractivity contribution in [1.29, 1.82) is 0 Å². The van der Waals surface area contributed by atoms with E-state index in [0.29, 0.717) is 15.0 Å². The topological polar surface area (TPSA) is 59.3 Å². The van der Waals surface area contributed by atoms with Gasteiger partial charge in [0.25, 0.3) is 0 Å². The summed E-state index contributed by atoms with van der Waals surface area (Å²) in [7, 11) is 0. The van der Waals surface area contributed by atoms with Crippen molar-refractivity contribution in [3.63, 3.8) is 0 Å². The molecule has 1 N–H and O–H groups in total. The average Bonchev–Trinajstić information content (AvgIpc) is 3.04. The Morgan fingerprint density at radius 3 is 2.62 bits per heavy atom. The molecule has 1 unspecified atom stereocenters. The second-order valence-electron chi connectivity index (χ2n) is 4.76. The van der Waals surface area contributed by atoms with Crippen LogP contribution in [0.15, 0.2) is 28.7 Å². The summed E-state index contributed by atoms with van der Waals surface area (Å²) in [5.41, 5.74) is 0. The Balaban J connectivity index is 1.81. The van der Waals surface area contributed by atoms with Crippen molar-refractivity contribution in [2.75, 3.05) is 0 Å². The first kappa shape index (κ1) is 15.8. The molecule has 2 aromatic rings. The van der Waals surface area contributed by atoms with Gasteiger partial charge in [0, 0.05) is 12.8 Å². The normalized spacial score (nSPS) is 12.1. The lowest BCUT2D eigenvalue weighted by Gasteiger charge is -2.11. The van der Waals surface area contributed by atoms with Crippen LogP contribution in [0.4, 0.5) is 0 Å². The van der Waals surface area contributed by atoms with Crippen LogP contribution in [0.1, 0.15) is 47.0 Å². The number of Topliss-reactive ketones (excluding diaryl/α,β-unsaturated/α-hetero) is 1. The second kappa shape index (κ2) is 6.91. The summed E-state index contributed by atoms with van der Waals surface area (Å²) < 4.78 is 6.02. The van der Waals surface area contributed by atoms with Crippen LogP contribution >= 0.6 is 22.9 Å². The average molecular weight is 326 g/mol. The van der Waals surface area contributed by atoms with Gasteiger partial charge in [-0.05, 0) is 38.1 Å². The molecule has 2 aromatic heterocycles. The minimum absolute atomic E-state index is 0.0662. The third-order valence-corrected chi connectivity index (χ3v) is 4.26. The number of thiophene rings is 1. The number of rotatable bonds is 6. The van der Waals surface area contributed by atoms with E-state index in [1.165, 1.54) is 11.3 Å². The first-order valence-corrected chi connectivity index (χ1v) is 7.79. The van der Waals surface area contributed by atoms with Crippen molar-refractivity contribution >= 4 is 34.6 Å². The first-order chi connectivity index (χ1) is 9.95. The highest BCUT2D eigenvalue weighted by molar-refractivity contribution is 7.18. The minimum Gasteiger partial charge on any atom is -0.464 e. The first-order valence-electron chi connectivity index (χ1n) is 6.60. The maximum absolute atomic E-state index is 11.9. The summed E-state index contributed by atoms with van der Waals surface area (Å²) in [5, 5.41) is 2.81. The molecule has 6 heteroatoms. The maximum atomic E-state index is 11.9. The van der Waals surface area contributed by atoms with Crippen molar-refractivity contribution in [1.82, 2.24) is 5.32 Å². The van der Waals surface area contributed by atoms with E-state index in [9.17, 15) is 9.59 Å². The fourth-order valence-corrected chi connectivity index (χ4v) is 2.90. The standard InChI is InChI=1S/C15H16ClNO3S/c1-9-3-5-12(20-9)10(2)17-15(19)8-4-11(18)13-6-7-14(16)21-13/h3,5-7,10H,4,8H2,1-2H3,(H,17,19). The number of hydrogen-bond acceptors (Lipinski definition) is 4. The third-order valence-electron chi connectivity index (χ3n) is 2.99. The second-order valence-corrected chi connectivity index (χ2v) is 6.48. The molecule has 1 atom stereocenters. The minimum atomic E-state index is -0.211. The Hall–Kier alpha value is -1.59. The van der Waals surface area contributed by atoms with Crippen LogP contribution in [0.5, 0.6) is 0 Å². The third kappa shape index (κ3) is 4.44. The van der Waals surface area contributed by atoms with Gasteiger partial charge in [-0.3, -0.25) is 9.59 Å². The number of carbonyl (C=O) groups is 2. The summed E-state index contributed by atoms with van der Waals surface area (Å²) in [4.78, 5) is 24.3. The quantitative estimate of drug-likeness (QED) is 0.812.